The molecule has 0 unspecified atom stereocenters. The van der Waals surface area contributed by atoms with Crippen LogP contribution in [0.3, 0.4) is 0 Å². The van der Waals surface area contributed by atoms with E-state index in [1.54, 1.807) is 11.1 Å². The van der Waals surface area contributed by atoms with E-state index >= 15 is 0 Å². The quantitative estimate of drug-likeness (QED) is 0.140. The molecule has 0 radical (unpaired) electrons. The fraction of sp³-hybridized carbons (Fsp3) is 0.182. The van der Waals surface area contributed by atoms with E-state index in [9.17, 15) is 0 Å². The summed E-state index contributed by atoms with van der Waals surface area (Å²) >= 11 is 0. The molecule has 0 amide bonds. The first-order chi connectivity index (χ1) is 33.8. The Labute approximate surface area is 400 Å². The predicted octanol–water partition coefficient (Wildman–Crippen LogP) is 19.6. The highest BCUT2D eigenvalue weighted by Gasteiger charge is 2.29. The van der Waals surface area contributed by atoms with Crippen molar-refractivity contribution in [2.75, 3.05) is 9.80 Å². The zero-order valence-electron chi connectivity index (χ0n) is 38.8. The summed E-state index contributed by atoms with van der Waals surface area (Å²) in [4.78, 5) is 5.14. The monoisotopic (exact) mass is 876 g/mol. The smallest absolute Gasteiger partial charge is 0.0540 e. The number of nitrogens with zero attached hydrogens (tertiary/aromatic N) is 2. The lowest BCUT2D eigenvalue weighted by atomic mass is 9.74. The van der Waals surface area contributed by atoms with Crippen molar-refractivity contribution in [1.82, 2.24) is 0 Å². The van der Waals surface area contributed by atoms with Crippen LogP contribution < -0.4 is 9.80 Å². The molecule has 0 heterocycles. The number of hydrogen-bond donors (Lipinski definition) is 0. The number of hydrogen-bond acceptors (Lipinski definition) is 2. The molecule has 0 N–H and O–H groups in total. The second-order valence-corrected chi connectivity index (χ2v) is 19.6. The zero-order chi connectivity index (χ0) is 45.0. The molecule has 2 heteroatoms. The Balaban J connectivity index is 1.13. The van der Waals surface area contributed by atoms with Crippen LogP contribution >= 0.6 is 0 Å². The van der Waals surface area contributed by atoms with E-state index in [0.717, 1.165) is 0 Å². The third-order valence-electron chi connectivity index (χ3n) is 15.7. The Kier molecular flexibility index (Phi) is 10.4. The fourth-order valence-corrected chi connectivity index (χ4v) is 12.6. The molecule has 0 saturated heterocycles. The van der Waals surface area contributed by atoms with Crippen molar-refractivity contribution in [2.45, 2.75) is 76.0 Å². The fourth-order valence-electron chi connectivity index (χ4n) is 12.6. The number of fused-ring (bicyclic) bond motifs is 6. The summed E-state index contributed by atoms with van der Waals surface area (Å²) in [5.74, 6) is 0.983. The maximum absolute atomic E-state index is 2.62. The van der Waals surface area contributed by atoms with Crippen LogP contribution in [0.25, 0.3) is 64.6 Å². The van der Waals surface area contributed by atoms with Gasteiger partial charge in [-0.05, 0) is 140 Å². The molecule has 11 aromatic rings. The highest BCUT2D eigenvalue weighted by atomic mass is 15.2. The first-order valence-corrected chi connectivity index (χ1v) is 25.3. The van der Waals surface area contributed by atoms with Crippen molar-refractivity contribution < 1.29 is 0 Å². The largest absolute Gasteiger partial charge is 0.309 e. The van der Waals surface area contributed by atoms with E-state index in [2.05, 4.69) is 216 Å². The van der Waals surface area contributed by atoms with Gasteiger partial charge >= 0.3 is 0 Å². The van der Waals surface area contributed by atoms with Gasteiger partial charge in [0.05, 0.1) is 22.7 Å². The molecule has 68 heavy (non-hydrogen) atoms. The van der Waals surface area contributed by atoms with Gasteiger partial charge in [0.15, 0.2) is 0 Å². The van der Waals surface area contributed by atoms with Gasteiger partial charge in [-0.2, -0.15) is 0 Å². The molecule has 2 aliphatic rings. The van der Waals surface area contributed by atoms with E-state index in [1.807, 2.05) is 0 Å². The normalized spacial score (nSPS) is 14.9. The predicted molar refractivity (Wildman–Crippen MR) is 292 cm³/mol. The Morgan fingerprint density at radius 3 is 0.882 bits per heavy atom. The van der Waals surface area contributed by atoms with Crippen LogP contribution in [0, 0.1) is 0 Å². The number of benzene rings is 11. The maximum Gasteiger partial charge on any atom is 0.0540 e. The molecule has 2 saturated carbocycles. The summed E-state index contributed by atoms with van der Waals surface area (Å²) in [5.41, 5.74) is 10.3. The average molecular weight is 877 g/mol. The minimum atomic E-state index is 0.465. The van der Waals surface area contributed by atoms with Crippen molar-refractivity contribution in [3.05, 3.63) is 217 Å². The van der Waals surface area contributed by atoms with Gasteiger partial charge in [-0.15, -0.1) is 0 Å². The lowest BCUT2D eigenvalue weighted by Gasteiger charge is -2.33. The molecule has 0 spiro atoms. The third kappa shape index (κ3) is 7.00. The molecule has 0 aromatic heterocycles. The Morgan fingerprint density at radius 2 is 0.544 bits per heavy atom. The van der Waals surface area contributed by atoms with Crippen LogP contribution in [0.4, 0.5) is 34.1 Å². The van der Waals surface area contributed by atoms with Gasteiger partial charge < -0.3 is 9.80 Å². The molecule has 330 valence electrons. The van der Waals surface area contributed by atoms with E-state index in [-0.39, 0.29) is 0 Å². The van der Waals surface area contributed by atoms with Gasteiger partial charge in [0.25, 0.3) is 0 Å². The standard InChI is InChI=1S/C66H56N2/c1-3-23-49(24-4-1)65-57-41-39-51(67(61-35-15-27-45-19-7-11-31-53(45)61)62-36-16-28-46-20-8-12-32-54(46)62)43-59(57)66(50-25-5-2-6-26-50)60-44-52(40-42-58(60)65)68(63-37-17-29-47-21-9-13-33-55(47)63)64-38-18-30-48-22-10-14-34-56(48)64/h7-22,27-44,49-50H,1-6,23-26H2. The lowest BCUT2D eigenvalue weighted by molar-refractivity contribution is 0.445. The third-order valence-corrected chi connectivity index (χ3v) is 15.7. The highest BCUT2D eigenvalue weighted by Crippen LogP contribution is 2.52. The molecule has 13 rings (SSSR count). The molecule has 0 bridgehead atoms. The van der Waals surface area contributed by atoms with Gasteiger partial charge in [-0.3, -0.25) is 0 Å². The molecular weight excluding hydrogens is 821 g/mol. The minimum absolute atomic E-state index is 0.465. The summed E-state index contributed by atoms with van der Waals surface area (Å²) in [5, 5.41) is 15.8. The van der Waals surface area contributed by atoms with Gasteiger partial charge in [0, 0.05) is 32.9 Å². The lowest BCUT2D eigenvalue weighted by Crippen LogP contribution is -2.14. The maximum atomic E-state index is 2.62. The van der Waals surface area contributed by atoms with Crippen LogP contribution in [0.1, 0.15) is 87.2 Å². The van der Waals surface area contributed by atoms with Gasteiger partial charge in [-0.25, -0.2) is 0 Å². The van der Waals surface area contributed by atoms with E-state index in [4.69, 9.17) is 0 Å². The molecular formula is C66H56N2. The summed E-state index contributed by atoms with van der Waals surface area (Å²) in [6.45, 7) is 0. The van der Waals surface area contributed by atoms with Crippen LogP contribution in [-0.4, -0.2) is 0 Å². The second-order valence-electron chi connectivity index (χ2n) is 19.6. The topological polar surface area (TPSA) is 6.48 Å². The summed E-state index contributed by atoms with van der Waals surface area (Å²) in [7, 11) is 0. The van der Waals surface area contributed by atoms with Crippen LogP contribution in [0.2, 0.25) is 0 Å². The number of rotatable bonds is 8. The minimum Gasteiger partial charge on any atom is -0.309 e. The van der Waals surface area contributed by atoms with Gasteiger partial charge in [0.2, 0.25) is 0 Å². The highest BCUT2D eigenvalue weighted by molar-refractivity contribution is 6.12. The van der Waals surface area contributed by atoms with E-state index in [0.29, 0.717) is 11.8 Å². The van der Waals surface area contributed by atoms with Crippen LogP contribution in [0.5, 0.6) is 0 Å². The Bertz CT molecular complexity index is 3280. The first-order valence-electron chi connectivity index (χ1n) is 25.3. The van der Waals surface area contributed by atoms with Crippen LogP contribution in [-0.2, 0) is 0 Å². The SMILES string of the molecule is c1ccc2c(N(c3ccc4c(C5CCCCC5)c5ccc(N(c6cccc7ccccc67)c6cccc7ccccc67)cc5c(C5CCCCC5)c4c3)c3cccc4ccccc34)cccc2c1. The Hall–Kier alpha value is -7.42. The summed E-state index contributed by atoms with van der Waals surface area (Å²) < 4.78 is 0. The molecule has 11 aromatic carbocycles. The van der Waals surface area contributed by atoms with Crippen LogP contribution in [0.15, 0.2) is 206 Å². The van der Waals surface area contributed by atoms with E-state index in [1.165, 1.54) is 163 Å². The zero-order valence-corrected chi connectivity index (χ0v) is 38.8. The van der Waals surface area contributed by atoms with Gasteiger partial charge in [-0.1, -0.05) is 196 Å². The molecule has 0 aliphatic heterocycles. The second kappa shape index (κ2) is 17.3. The average Bonchev–Trinajstić information content (AvgIpc) is 3.41. The van der Waals surface area contributed by atoms with Crippen molar-refractivity contribution >= 4 is 98.8 Å². The Morgan fingerprint density at radius 1 is 0.250 bits per heavy atom. The van der Waals surface area contributed by atoms with Gasteiger partial charge in [0.1, 0.15) is 0 Å². The van der Waals surface area contributed by atoms with Crippen molar-refractivity contribution in [3.63, 3.8) is 0 Å². The van der Waals surface area contributed by atoms with Crippen molar-refractivity contribution in [3.8, 4) is 0 Å². The molecule has 2 nitrogen and oxygen atoms in total. The summed E-state index contributed by atoms with van der Waals surface area (Å²) in [6, 6.07) is 78.1. The van der Waals surface area contributed by atoms with E-state index < -0.39 is 0 Å². The number of anilines is 6. The van der Waals surface area contributed by atoms with Crippen molar-refractivity contribution in [1.29, 1.82) is 0 Å². The summed E-state index contributed by atoms with van der Waals surface area (Å²) in [6.07, 6.45) is 12.7. The molecule has 2 fully saturated rings. The van der Waals surface area contributed by atoms with Crippen molar-refractivity contribution in [2.24, 2.45) is 0 Å². The first kappa shape index (κ1) is 40.8. The molecule has 2 aliphatic carbocycles. The molecule has 0 atom stereocenters.